The van der Waals surface area contributed by atoms with E-state index in [1.165, 1.54) is 6.07 Å². The largest absolute Gasteiger partial charge is 0.508 e. The summed E-state index contributed by atoms with van der Waals surface area (Å²) in [5.74, 6) is -0.228. The van der Waals surface area contributed by atoms with Gasteiger partial charge in [0.05, 0.1) is 22.6 Å². The van der Waals surface area contributed by atoms with Gasteiger partial charge in [0.25, 0.3) is 0 Å². The number of anilines is 1. The van der Waals surface area contributed by atoms with E-state index in [0.29, 0.717) is 34.8 Å². The monoisotopic (exact) mass is 415 g/mol. The van der Waals surface area contributed by atoms with Crippen molar-refractivity contribution in [2.45, 2.75) is 19.3 Å². The highest BCUT2D eigenvalue weighted by atomic mass is 35.5. The maximum atomic E-state index is 13.9. The lowest BCUT2D eigenvalue weighted by Crippen LogP contribution is -2.13. The van der Waals surface area contributed by atoms with Crippen LogP contribution in [0.15, 0.2) is 49.2 Å². The van der Waals surface area contributed by atoms with Crippen molar-refractivity contribution in [3.8, 4) is 11.3 Å². The van der Waals surface area contributed by atoms with Gasteiger partial charge in [0.15, 0.2) is 0 Å². The third kappa shape index (κ3) is 4.16. The number of nitrogen functional groups attached to an aromatic ring is 1. The number of halogens is 2. The molecule has 28 heavy (non-hydrogen) atoms. The van der Waals surface area contributed by atoms with Gasteiger partial charge in [-0.25, -0.2) is 14.4 Å². The van der Waals surface area contributed by atoms with Crippen LogP contribution in [0.5, 0.6) is 0 Å². The topological polar surface area (TPSA) is 72.0 Å². The Bertz CT molecular complexity index is 1040. The fourth-order valence-corrected chi connectivity index (χ4v) is 4.01. The molecular weight excluding hydrogens is 396 g/mol. The summed E-state index contributed by atoms with van der Waals surface area (Å²) in [5, 5.41) is 10.4. The van der Waals surface area contributed by atoms with Crippen LogP contribution in [0.4, 0.5) is 10.2 Å². The van der Waals surface area contributed by atoms with Gasteiger partial charge in [-0.3, -0.25) is 0 Å². The third-order valence-corrected chi connectivity index (χ3v) is 5.44. The smallest absolute Gasteiger partial charge is 0.145 e. The highest BCUT2D eigenvalue weighted by molar-refractivity contribution is 7.27. The van der Waals surface area contributed by atoms with Gasteiger partial charge >= 0.3 is 0 Å². The van der Waals surface area contributed by atoms with Crippen molar-refractivity contribution < 1.29 is 9.50 Å². The molecule has 2 aromatic carbocycles. The zero-order valence-corrected chi connectivity index (χ0v) is 17.2. The molecule has 3 N–H and O–H groups in total. The van der Waals surface area contributed by atoms with Crippen LogP contribution in [0.1, 0.15) is 29.7 Å². The number of aliphatic hydroxyl groups excluding tert-OH is 1. The number of hydrogen-bond donors (Lipinski definition) is 2. The van der Waals surface area contributed by atoms with Gasteiger partial charge in [-0.05, 0) is 22.9 Å². The summed E-state index contributed by atoms with van der Waals surface area (Å²) in [6.07, 6.45) is 2.06. The van der Waals surface area contributed by atoms with Crippen LogP contribution in [0.2, 0.25) is 5.02 Å². The maximum Gasteiger partial charge on any atom is 0.145 e. The van der Waals surface area contributed by atoms with Gasteiger partial charge in [-0.2, -0.15) is 0 Å². The molecule has 0 saturated carbocycles. The molecule has 0 bridgehead atoms. The summed E-state index contributed by atoms with van der Waals surface area (Å²) in [6.45, 7) is 5.46. The number of nitrogens with zero attached hydrogens (tertiary/aromatic N) is 2. The summed E-state index contributed by atoms with van der Waals surface area (Å²) >= 11 is 6.18. The molecule has 7 heteroatoms. The summed E-state index contributed by atoms with van der Waals surface area (Å²) in [4.78, 5) is 8.91. The highest BCUT2D eigenvalue weighted by Crippen LogP contribution is 2.30. The van der Waals surface area contributed by atoms with E-state index in [1.54, 1.807) is 24.4 Å². The Balaban J connectivity index is 1.92. The molecule has 0 spiro atoms. The Morgan fingerprint density at radius 3 is 2.61 bits per heavy atom. The van der Waals surface area contributed by atoms with E-state index in [0.717, 1.165) is 10.9 Å². The minimum atomic E-state index is -0.451. The Morgan fingerprint density at radius 1 is 1.29 bits per heavy atom. The zero-order valence-electron chi connectivity index (χ0n) is 15.3. The van der Waals surface area contributed by atoms with Gasteiger partial charge in [-0.1, -0.05) is 55.4 Å². The van der Waals surface area contributed by atoms with Crippen molar-refractivity contribution in [1.82, 2.24) is 9.97 Å². The standard InChI is InChI=1S/C21H20ClFN3OP/c1-11(19-18(28)8-7-15(23)20(19)22)9-16-21(24)25-10-17(26-16)14-5-3-13(4-6-14)12(2)27/h3-8,10-11,27H,2,9,28H2,1H3,(H2,24,25). The van der Waals surface area contributed by atoms with Crippen molar-refractivity contribution in [1.29, 1.82) is 0 Å². The average molecular weight is 416 g/mol. The molecule has 2 unspecified atom stereocenters. The van der Waals surface area contributed by atoms with E-state index in [4.69, 9.17) is 17.3 Å². The molecule has 0 amide bonds. The SMILES string of the molecule is C=C(O)c1ccc(-c2cnc(N)c(CC(C)c3c(P)ccc(F)c3Cl)n2)cc1. The summed E-state index contributed by atoms with van der Waals surface area (Å²) in [6, 6.07) is 10.2. The zero-order chi connectivity index (χ0) is 20.4. The second-order valence-electron chi connectivity index (χ2n) is 6.58. The number of hydrogen-bond acceptors (Lipinski definition) is 4. The summed E-state index contributed by atoms with van der Waals surface area (Å²) < 4.78 is 13.9. The lowest BCUT2D eigenvalue weighted by Gasteiger charge is -2.17. The fraction of sp³-hybridized carbons (Fsp3) is 0.143. The number of rotatable bonds is 5. The van der Waals surface area contributed by atoms with Crippen LogP contribution in [0, 0.1) is 5.82 Å². The summed E-state index contributed by atoms with van der Waals surface area (Å²) in [7, 11) is 2.58. The first kappa shape index (κ1) is 20.2. The third-order valence-electron chi connectivity index (χ3n) is 4.55. The van der Waals surface area contributed by atoms with Crippen molar-refractivity contribution >= 4 is 37.7 Å². The van der Waals surface area contributed by atoms with Gasteiger partial charge in [-0.15, -0.1) is 9.24 Å². The normalized spacial score (nSPS) is 12.0. The van der Waals surface area contributed by atoms with Crippen molar-refractivity contribution in [3.63, 3.8) is 0 Å². The first-order chi connectivity index (χ1) is 13.3. The molecule has 3 rings (SSSR count). The number of aromatic nitrogens is 2. The van der Waals surface area contributed by atoms with E-state index >= 15 is 0 Å². The number of aliphatic hydroxyl groups is 1. The molecule has 3 aromatic rings. The summed E-state index contributed by atoms with van der Waals surface area (Å²) in [5.41, 5.74) is 9.49. The van der Waals surface area contributed by atoms with Crippen molar-refractivity contribution in [2.24, 2.45) is 0 Å². The molecule has 0 fully saturated rings. The predicted molar refractivity (Wildman–Crippen MR) is 116 cm³/mol. The van der Waals surface area contributed by atoms with Crippen molar-refractivity contribution in [3.05, 3.63) is 76.8 Å². The Kier molecular flexibility index (Phi) is 5.97. The molecule has 0 aliphatic rings. The first-order valence-corrected chi connectivity index (χ1v) is 9.57. The molecule has 0 aliphatic carbocycles. The van der Waals surface area contributed by atoms with Crippen molar-refractivity contribution in [2.75, 3.05) is 5.73 Å². The van der Waals surface area contributed by atoms with Crippen LogP contribution in [0.3, 0.4) is 0 Å². The van der Waals surface area contributed by atoms with Gasteiger partial charge in [0, 0.05) is 17.5 Å². The van der Waals surface area contributed by atoms with E-state index < -0.39 is 5.82 Å². The Hall–Kier alpha value is -2.49. The number of benzene rings is 2. The van der Waals surface area contributed by atoms with E-state index in [9.17, 15) is 9.50 Å². The quantitative estimate of drug-likeness (QED) is 0.459. The Morgan fingerprint density at radius 2 is 1.96 bits per heavy atom. The second-order valence-corrected chi connectivity index (χ2v) is 7.58. The van der Waals surface area contributed by atoms with Gasteiger partial charge in [0.1, 0.15) is 17.4 Å². The molecule has 1 aromatic heterocycles. The average Bonchev–Trinajstić information content (AvgIpc) is 2.67. The van der Waals surface area contributed by atoms with Gasteiger partial charge < -0.3 is 10.8 Å². The predicted octanol–water partition coefficient (Wildman–Crippen LogP) is 4.89. The molecule has 1 heterocycles. The van der Waals surface area contributed by atoms with Crippen LogP contribution < -0.4 is 11.0 Å². The minimum Gasteiger partial charge on any atom is -0.508 e. The van der Waals surface area contributed by atoms with Crippen LogP contribution >= 0.6 is 20.8 Å². The van der Waals surface area contributed by atoms with Crippen LogP contribution in [0.25, 0.3) is 17.0 Å². The number of nitrogens with two attached hydrogens (primary N) is 1. The molecule has 4 nitrogen and oxygen atoms in total. The fourth-order valence-electron chi connectivity index (χ4n) is 3.03. The lowest BCUT2D eigenvalue weighted by molar-refractivity contribution is 0.514. The molecule has 0 aliphatic heterocycles. The van der Waals surface area contributed by atoms with Gasteiger partial charge in [0.2, 0.25) is 0 Å². The second kappa shape index (κ2) is 8.26. The van der Waals surface area contributed by atoms with E-state index in [1.807, 2.05) is 19.1 Å². The first-order valence-electron chi connectivity index (χ1n) is 8.61. The minimum absolute atomic E-state index is 0.00432. The highest BCUT2D eigenvalue weighted by Gasteiger charge is 2.19. The Labute approximate surface area is 170 Å². The van der Waals surface area contributed by atoms with E-state index in [-0.39, 0.29) is 16.7 Å². The van der Waals surface area contributed by atoms with Crippen LogP contribution in [-0.4, -0.2) is 15.1 Å². The molecule has 0 saturated heterocycles. The maximum absolute atomic E-state index is 13.9. The van der Waals surface area contributed by atoms with E-state index in [2.05, 4.69) is 25.8 Å². The molecule has 144 valence electrons. The molecule has 2 atom stereocenters. The lowest BCUT2D eigenvalue weighted by atomic mass is 9.95. The molecular formula is C21H20ClFN3OP. The molecule has 0 radical (unpaired) electrons. The van der Waals surface area contributed by atoms with Crippen LogP contribution in [-0.2, 0) is 6.42 Å².